The van der Waals surface area contributed by atoms with Gasteiger partial charge < -0.3 is 16.0 Å². The molecule has 0 unspecified atom stereocenters. The topological polar surface area (TPSA) is 76.2 Å². The van der Waals surface area contributed by atoms with Gasteiger partial charge in [-0.25, -0.2) is 0 Å². The van der Waals surface area contributed by atoms with Gasteiger partial charge in [-0.3, -0.25) is 9.48 Å². The fourth-order valence-electron chi connectivity index (χ4n) is 1.45. The van der Waals surface area contributed by atoms with Gasteiger partial charge in [0.05, 0.1) is 12.2 Å². The van der Waals surface area contributed by atoms with Gasteiger partial charge in [0, 0.05) is 26.3 Å². The molecule has 1 rings (SSSR count). The minimum atomic E-state index is -0.0393. The van der Waals surface area contributed by atoms with Crippen LogP contribution in [0.25, 0.3) is 0 Å². The van der Waals surface area contributed by atoms with E-state index in [-0.39, 0.29) is 18.5 Å². The van der Waals surface area contributed by atoms with Gasteiger partial charge in [-0.05, 0) is 13.8 Å². The summed E-state index contributed by atoms with van der Waals surface area (Å²) in [6.07, 6.45) is 1.71. The molecule has 0 aromatic carbocycles. The van der Waals surface area contributed by atoms with Crippen LogP contribution in [0.3, 0.4) is 0 Å². The number of nitrogens with two attached hydrogens (primary N) is 1. The Morgan fingerprint density at radius 1 is 1.69 bits per heavy atom. The molecule has 0 radical (unpaired) electrons. The Morgan fingerprint density at radius 2 is 2.31 bits per heavy atom. The zero-order valence-electron chi connectivity index (χ0n) is 10.2. The zero-order valence-corrected chi connectivity index (χ0v) is 10.2. The van der Waals surface area contributed by atoms with E-state index in [0.717, 1.165) is 0 Å². The Bertz CT molecular complexity index is 371. The minimum absolute atomic E-state index is 0.0393. The van der Waals surface area contributed by atoms with Crippen LogP contribution in [0, 0.1) is 0 Å². The number of amides is 1. The molecule has 90 valence electrons. The number of aryl methyl sites for hydroxylation is 1. The number of carbonyl (C=O) groups is 1. The second kappa shape index (κ2) is 4.87. The molecular weight excluding hydrogens is 206 g/mol. The molecule has 0 aliphatic rings. The van der Waals surface area contributed by atoms with Crippen LogP contribution in [0.2, 0.25) is 0 Å². The first-order chi connectivity index (χ1) is 7.40. The summed E-state index contributed by atoms with van der Waals surface area (Å²) in [5.41, 5.74) is 6.33. The van der Waals surface area contributed by atoms with Crippen LogP contribution in [0.1, 0.15) is 13.8 Å². The number of hydrogen-bond acceptors (Lipinski definition) is 4. The normalized spacial score (nSPS) is 10.6. The van der Waals surface area contributed by atoms with Crippen molar-refractivity contribution in [2.75, 3.05) is 24.2 Å². The van der Waals surface area contributed by atoms with Gasteiger partial charge in [0.2, 0.25) is 5.91 Å². The number of anilines is 2. The summed E-state index contributed by atoms with van der Waals surface area (Å²) in [5, 5.41) is 6.99. The summed E-state index contributed by atoms with van der Waals surface area (Å²) in [5.74, 6) is 0.587. The molecule has 0 aliphatic heterocycles. The summed E-state index contributed by atoms with van der Waals surface area (Å²) in [4.78, 5) is 13.3. The third-order valence-electron chi connectivity index (χ3n) is 2.03. The molecule has 6 nitrogen and oxygen atoms in total. The number of hydrogen-bond donors (Lipinski definition) is 2. The highest BCUT2D eigenvalue weighted by atomic mass is 16.2. The van der Waals surface area contributed by atoms with Crippen molar-refractivity contribution in [3.63, 3.8) is 0 Å². The van der Waals surface area contributed by atoms with Crippen molar-refractivity contribution >= 4 is 17.4 Å². The van der Waals surface area contributed by atoms with Gasteiger partial charge in [0.1, 0.15) is 0 Å². The first-order valence-electron chi connectivity index (χ1n) is 5.19. The Morgan fingerprint density at radius 3 is 2.75 bits per heavy atom. The van der Waals surface area contributed by atoms with Gasteiger partial charge in [-0.15, -0.1) is 0 Å². The molecule has 6 heteroatoms. The summed E-state index contributed by atoms with van der Waals surface area (Å²) >= 11 is 0. The van der Waals surface area contributed by atoms with Gasteiger partial charge in [0.25, 0.3) is 0 Å². The van der Waals surface area contributed by atoms with E-state index in [1.54, 1.807) is 29.9 Å². The third kappa shape index (κ3) is 3.15. The van der Waals surface area contributed by atoms with Crippen molar-refractivity contribution in [3.05, 3.63) is 6.20 Å². The maximum Gasteiger partial charge on any atom is 0.239 e. The third-order valence-corrected chi connectivity index (χ3v) is 2.03. The molecule has 1 aromatic rings. The molecule has 0 fully saturated rings. The van der Waals surface area contributed by atoms with E-state index in [1.165, 1.54) is 0 Å². The lowest BCUT2D eigenvalue weighted by Gasteiger charge is -2.17. The number of aromatic nitrogens is 2. The fourth-order valence-corrected chi connectivity index (χ4v) is 1.45. The van der Waals surface area contributed by atoms with Gasteiger partial charge in [-0.2, -0.15) is 5.10 Å². The van der Waals surface area contributed by atoms with Crippen LogP contribution < -0.4 is 16.0 Å². The zero-order chi connectivity index (χ0) is 12.3. The van der Waals surface area contributed by atoms with Gasteiger partial charge in [0.15, 0.2) is 5.82 Å². The number of likely N-dealkylation sites (N-methyl/N-ethyl adjacent to an activating group) is 1. The molecule has 3 N–H and O–H groups in total. The molecule has 0 bridgehead atoms. The van der Waals surface area contributed by atoms with Crippen molar-refractivity contribution < 1.29 is 4.79 Å². The van der Waals surface area contributed by atoms with Crippen molar-refractivity contribution in [2.45, 2.75) is 19.9 Å². The standard InChI is InChI=1S/C10H19N5O/c1-7(2)12-9(16)6-14(3)10-8(11)5-15(4)13-10/h5,7H,6,11H2,1-4H3,(H,12,16). The summed E-state index contributed by atoms with van der Waals surface area (Å²) in [6, 6.07) is 0.141. The predicted octanol–water partition coefficient (Wildman–Crippen LogP) is -0.0369. The average Bonchev–Trinajstić information content (AvgIpc) is 2.43. The van der Waals surface area contributed by atoms with Crippen LogP contribution >= 0.6 is 0 Å². The Balaban J connectivity index is 2.62. The van der Waals surface area contributed by atoms with Crippen LogP contribution in [0.5, 0.6) is 0 Å². The lowest BCUT2D eigenvalue weighted by atomic mass is 10.3. The number of carbonyl (C=O) groups excluding carboxylic acids is 1. The van der Waals surface area contributed by atoms with Crippen molar-refractivity contribution in [1.29, 1.82) is 0 Å². The molecule has 0 atom stereocenters. The maximum absolute atomic E-state index is 11.5. The predicted molar refractivity (Wildman–Crippen MR) is 64.2 cm³/mol. The Labute approximate surface area is 95.4 Å². The highest BCUT2D eigenvalue weighted by Gasteiger charge is 2.13. The Kier molecular flexibility index (Phi) is 3.76. The van der Waals surface area contributed by atoms with Crippen LogP contribution in [-0.2, 0) is 11.8 Å². The second-order valence-electron chi connectivity index (χ2n) is 4.16. The van der Waals surface area contributed by atoms with Crippen molar-refractivity contribution in [1.82, 2.24) is 15.1 Å². The molecule has 1 heterocycles. The second-order valence-corrected chi connectivity index (χ2v) is 4.16. The Hall–Kier alpha value is -1.72. The van der Waals surface area contributed by atoms with Crippen molar-refractivity contribution in [2.24, 2.45) is 7.05 Å². The number of nitrogens with one attached hydrogen (secondary N) is 1. The van der Waals surface area contributed by atoms with E-state index >= 15 is 0 Å². The molecule has 1 amide bonds. The highest BCUT2D eigenvalue weighted by Crippen LogP contribution is 2.17. The summed E-state index contributed by atoms with van der Waals surface area (Å²) in [7, 11) is 3.58. The number of nitrogen functional groups attached to an aromatic ring is 1. The largest absolute Gasteiger partial charge is 0.394 e. The molecule has 0 spiro atoms. The quantitative estimate of drug-likeness (QED) is 0.754. The molecule has 0 aliphatic carbocycles. The van der Waals surface area contributed by atoms with E-state index in [0.29, 0.717) is 11.5 Å². The average molecular weight is 225 g/mol. The minimum Gasteiger partial charge on any atom is -0.394 e. The van der Waals surface area contributed by atoms with E-state index < -0.39 is 0 Å². The monoisotopic (exact) mass is 225 g/mol. The molecular formula is C10H19N5O. The summed E-state index contributed by atoms with van der Waals surface area (Å²) < 4.78 is 1.63. The molecule has 0 saturated heterocycles. The first kappa shape index (κ1) is 12.4. The van der Waals surface area contributed by atoms with Crippen LogP contribution in [0.15, 0.2) is 6.20 Å². The molecule has 16 heavy (non-hydrogen) atoms. The number of rotatable bonds is 4. The van der Waals surface area contributed by atoms with E-state index in [2.05, 4.69) is 10.4 Å². The fraction of sp³-hybridized carbons (Fsp3) is 0.600. The molecule has 1 aromatic heterocycles. The SMILES string of the molecule is CC(C)NC(=O)CN(C)c1nn(C)cc1N. The molecule has 0 saturated carbocycles. The maximum atomic E-state index is 11.5. The van der Waals surface area contributed by atoms with Gasteiger partial charge >= 0.3 is 0 Å². The van der Waals surface area contributed by atoms with E-state index in [1.807, 2.05) is 13.8 Å². The highest BCUT2D eigenvalue weighted by molar-refractivity contribution is 5.82. The lowest BCUT2D eigenvalue weighted by molar-refractivity contribution is -0.120. The van der Waals surface area contributed by atoms with Crippen molar-refractivity contribution in [3.8, 4) is 0 Å². The smallest absolute Gasteiger partial charge is 0.239 e. The van der Waals surface area contributed by atoms with Crippen LogP contribution in [0.4, 0.5) is 11.5 Å². The first-order valence-corrected chi connectivity index (χ1v) is 5.19. The van der Waals surface area contributed by atoms with E-state index in [4.69, 9.17) is 5.73 Å². The summed E-state index contributed by atoms with van der Waals surface area (Å²) in [6.45, 7) is 4.10. The van der Waals surface area contributed by atoms with E-state index in [9.17, 15) is 4.79 Å². The lowest BCUT2D eigenvalue weighted by Crippen LogP contribution is -2.38. The van der Waals surface area contributed by atoms with Crippen LogP contribution in [-0.4, -0.2) is 35.3 Å². The number of nitrogens with zero attached hydrogens (tertiary/aromatic N) is 3. The van der Waals surface area contributed by atoms with Gasteiger partial charge in [-0.1, -0.05) is 0 Å².